The first kappa shape index (κ1) is 14.6. The molecule has 0 spiro atoms. The van der Waals surface area contributed by atoms with Gasteiger partial charge < -0.3 is 10.2 Å². The highest BCUT2D eigenvalue weighted by Gasteiger charge is 2.36. The fraction of sp³-hybridized carbons (Fsp3) is 0.611. The van der Waals surface area contributed by atoms with Crippen molar-refractivity contribution in [3.8, 4) is 0 Å². The normalized spacial score (nSPS) is 29.6. The molecule has 3 heteroatoms. The Labute approximate surface area is 127 Å². The second-order valence-corrected chi connectivity index (χ2v) is 6.57. The van der Waals surface area contributed by atoms with Crippen LogP contribution in [0.5, 0.6) is 0 Å². The lowest BCUT2D eigenvalue weighted by Crippen LogP contribution is -2.53. The molecule has 3 nitrogen and oxygen atoms in total. The quantitative estimate of drug-likeness (QED) is 0.926. The second kappa shape index (κ2) is 6.61. The van der Waals surface area contributed by atoms with Crippen molar-refractivity contribution in [2.45, 2.75) is 51.1 Å². The van der Waals surface area contributed by atoms with Crippen LogP contribution in [0.3, 0.4) is 0 Å². The molecule has 3 atom stereocenters. The van der Waals surface area contributed by atoms with E-state index >= 15 is 0 Å². The topological polar surface area (TPSA) is 32.3 Å². The van der Waals surface area contributed by atoms with Crippen molar-refractivity contribution in [3.05, 3.63) is 35.9 Å². The van der Waals surface area contributed by atoms with E-state index in [-0.39, 0.29) is 6.04 Å². The smallest absolute Gasteiger partial charge is 0.240 e. The fourth-order valence-corrected chi connectivity index (χ4v) is 3.78. The highest BCUT2D eigenvalue weighted by molar-refractivity contribution is 5.83. The molecule has 2 saturated heterocycles. The summed E-state index contributed by atoms with van der Waals surface area (Å²) in [6, 6.07) is 11.0. The molecule has 2 aliphatic rings. The maximum Gasteiger partial charge on any atom is 0.240 e. The van der Waals surface area contributed by atoms with Crippen molar-refractivity contribution in [1.29, 1.82) is 0 Å². The molecule has 2 fully saturated rings. The first-order valence-corrected chi connectivity index (χ1v) is 8.33. The highest BCUT2D eigenvalue weighted by Crippen LogP contribution is 2.25. The van der Waals surface area contributed by atoms with Crippen LogP contribution in [-0.4, -0.2) is 36.0 Å². The van der Waals surface area contributed by atoms with Gasteiger partial charge in [-0.05, 0) is 50.1 Å². The van der Waals surface area contributed by atoms with E-state index in [2.05, 4.69) is 47.5 Å². The molecule has 0 saturated carbocycles. The minimum absolute atomic E-state index is 0.0372. The molecule has 0 bridgehead atoms. The van der Waals surface area contributed by atoms with E-state index in [0.29, 0.717) is 17.9 Å². The van der Waals surface area contributed by atoms with E-state index in [1.54, 1.807) is 0 Å². The molecular weight excluding hydrogens is 260 g/mol. The predicted octanol–water partition coefficient (Wildman–Crippen LogP) is 2.61. The lowest BCUT2D eigenvalue weighted by Gasteiger charge is -2.34. The van der Waals surface area contributed by atoms with Crippen LogP contribution < -0.4 is 5.32 Å². The summed E-state index contributed by atoms with van der Waals surface area (Å²) in [7, 11) is 0. The van der Waals surface area contributed by atoms with Gasteiger partial charge in [0.2, 0.25) is 5.91 Å². The number of likely N-dealkylation sites (tertiary alicyclic amines) is 1. The van der Waals surface area contributed by atoms with Gasteiger partial charge >= 0.3 is 0 Å². The predicted molar refractivity (Wildman–Crippen MR) is 85.1 cm³/mol. The summed E-state index contributed by atoms with van der Waals surface area (Å²) >= 11 is 0. The van der Waals surface area contributed by atoms with Gasteiger partial charge in [-0.15, -0.1) is 0 Å². The van der Waals surface area contributed by atoms with Crippen molar-refractivity contribution in [2.75, 3.05) is 13.1 Å². The molecule has 114 valence electrons. The molecule has 0 aliphatic carbocycles. The molecule has 1 amide bonds. The molecular formula is C18H26N2O. The van der Waals surface area contributed by atoms with Crippen LogP contribution in [0.15, 0.2) is 30.3 Å². The Morgan fingerprint density at radius 1 is 1.24 bits per heavy atom. The molecule has 2 aliphatic heterocycles. The largest absolute Gasteiger partial charge is 0.338 e. The summed E-state index contributed by atoms with van der Waals surface area (Å²) < 4.78 is 0. The number of piperidine rings is 1. The Bertz CT molecular complexity index is 473. The third kappa shape index (κ3) is 3.29. The van der Waals surface area contributed by atoms with Gasteiger partial charge in [0.25, 0.3) is 0 Å². The number of rotatable bonds is 3. The van der Waals surface area contributed by atoms with Gasteiger partial charge in [-0.3, -0.25) is 4.79 Å². The molecule has 0 aromatic heterocycles. The summed E-state index contributed by atoms with van der Waals surface area (Å²) in [5.41, 5.74) is 1.34. The van der Waals surface area contributed by atoms with Crippen LogP contribution >= 0.6 is 0 Å². The zero-order chi connectivity index (χ0) is 14.7. The van der Waals surface area contributed by atoms with E-state index in [0.717, 1.165) is 32.4 Å². The van der Waals surface area contributed by atoms with E-state index in [4.69, 9.17) is 0 Å². The lowest BCUT2D eigenvalue weighted by molar-refractivity contribution is -0.136. The van der Waals surface area contributed by atoms with Gasteiger partial charge in [0, 0.05) is 12.6 Å². The van der Waals surface area contributed by atoms with Gasteiger partial charge in [-0.1, -0.05) is 37.3 Å². The Hall–Kier alpha value is -1.35. The zero-order valence-corrected chi connectivity index (χ0v) is 12.9. The van der Waals surface area contributed by atoms with Crippen LogP contribution in [0.4, 0.5) is 0 Å². The Balaban J connectivity index is 1.67. The molecule has 21 heavy (non-hydrogen) atoms. The number of hydrogen-bond donors (Lipinski definition) is 1. The van der Waals surface area contributed by atoms with Gasteiger partial charge in [0.1, 0.15) is 0 Å². The SMILES string of the molecule is CC1CCCNC1C(=O)N1CCCC1Cc1ccccc1. The van der Waals surface area contributed by atoms with Crippen molar-refractivity contribution in [3.63, 3.8) is 0 Å². The molecule has 1 aromatic carbocycles. The first-order chi connectivity index (χ1) is 10.3. The number of hydrogen-bond acceptors (Lipinski definition) is 2. The molecule has 0 radical (unpaired) electrons. The first-order valence-electron chi connectivity index (χ1n) is 8.33. The van der Waals surface area contributed by atoms with Crippen molar-refractivity contribution < 1.29 is 4.79 Å². The average molecular weight is 286 g/mol. The Kier molecular flexibility index (Phi) is 4.59. The molecule has 1 aromatic rings. The van der Waals surface area contributed by atoms with Crippen LogP contribution in [0.2, 0.25) is 0 Å². The fourth-order valence-electron chi connectivity index (χ4n) is 3.78. The number of carbonyl (C=O) groups excluding carboxylic acids is 1. The molecule has 3 unspecified atom stereocenters. The standard InChI is InChI=1S/C18H26N2O/c1-14-7-5-11-19-17(14)18(21)20-12-6-10-16(20)13-15-8-3-2-4-9-15/h2-4,8-9,14,16-17,19H,5-7,10-13H2,1H3. The number of amides is 1. The third-order valence-electron chi connectivity index (χ3n) is 5.01. The Morgan fingerprint density at radius 2 is 2.05 bits per heavy atom. The summed E-state index contributed by atoms with van der Waals surface area (Å²) in [5.74, 6) is 0.796. The minimum Gasteiger partial charge on any atom is -0.338 e. The van der Waals surface area contributed by atoms with Crippen molar-refractivity contribution in [2.24, 2.45) is 5.92 Å². The summed E-state index contributed by atoms with van der Waals surface area (Å²) in [5, 5.41) is 3.44. The van der Waals surface area contributed by atoms with Crippen LogP contribution in [0, 0.1) is 5.92 Å². The third-order valence-corrected chi connectivity index (χ3v) is 5.01. The van der Waals surface area contributed by atoms with E-state index in [1.165, 1.54) is 18.4 Å². The number of nitrogens with one attached hydrogen (secondary N) is 1. The molecule has 2 heterocycles. The summed E-state index contributed by atoms with van der Waals surface area (Å²) in [6.07, 6.45) is 5.64. The maximum atomic E-state index is 12.9. The monoisotopic (exact) mass is 286 g/mol. The van der Waals surface area contributed by atoms with Gasteiger partial charge in [0.05, 0.1) is 6.04 Å². The van der Waals surface area contributed by atoms with E-state index in [1.807, 2.05) is 0 Å². The summed E-state index contributed by atoms with van der Waals surface area (Å²) in [4.78, 5) is 15.0. The van der Waals surface area contributed by atoms with Crippen molar-refractivity contribution in [1.82, 2.24) is 10.2 Å². The highest BCUT2D eigenvalue weighted by atomic mass is 16.2. The van der Waals surface area contributed by atoms with E-state index < -0.39 is 0 Å². The number of carbonyl (C=O) groups is 1. The average Bonchev–Trinajstić information content (AvgIpc) is 2.96. The van der Waals surface area contributed by atoms with Gasteiger partial charge in [-0.25, -0.2) is 0 Å². The minimum atomic E-state index is 0.0372. The van der Waals surface area contributed by atoms with Crippen LogP contribution in [0.1, 0.15) is 38.2 Å². The Morgan fingerprint density at radius 3 is 2.81 bits per heavy atom. The van der Waals surface area contributed by atoms with Crippen LogP contribution in [0.25, 0.3) is 0 Å². The zero-order valence-electron chi connectivity index (χ0n) is 12.9. The van der Waals surface area contributed by atoms with E-state index in [9.17, 15) is 4.79 Å². The second-order valence-electron chi connectivity index (χ2n) is 6.57. The van der Waals surface area contributed by atoms with Gasteiger partial charge in [-0.2, -0.15) is 0 Å². The molecule has 3 rings (SSSR count). The lowest BCUT2D eigenvalue weighted by atomic mass is 9.91. The number of nitrogens with zero attached hydrogens (tertiary/aromatic N) is 1. The van der Waals surface area contributed by atoms with Crippen molar-refractivity contribution >= 4 is 5.91 Å². The number of benzene rings is 1. The van der Waals surface area contributed by atoms with Gasteiger partial charge in [0.15, 0.2) is 0 Å². The molecule has 1 N–H and O–H groups in total. The summed E-state index contributed by atoms with van der Waals surface area (Å²) in [6.45, 7) is 4.12. The van der Waals surface area contributed by atoms with Crippen LogP contribution in [-0.2, 0) is 11.2 Å². The maximum absolute atomic E-state index is 12.9.